The van der Waals surface area contributed by atoms with Crippen LogP contribution >= 0.6 is 11.8 Å². The van der Waals surface area contributed by atoms with Crippen molar-refractivity contribution in [3.8, 4) is 0 Å². The molecular weight excluding hydrogens is 376 g/mol. The van der Waals surface area contributed by atoms with E-state index < -0.39 is 17.3 Å². The van der Waals surface area contributed by atoms with Gasteiger partial charge in [-0.15, -0.1) is 11.8 Å². The molecule has 2 aliphatic rings. The molecule has 28 heavy (non-hydrogen) atoms. The van der Waals surface area contributed by atoms with Gasteiger partial charge in [-0.25, -0.2) is 0 Å². The summed E-state index contributed by atoms with van der Waals surface area (Å²) in [6.45, 7) is 4.19. The maximum absolute atomic E-state index is 12.8. The smallest absolute Gasteiger partial charge is 0.308 e. The summed E-state index contributed by atoms with van der Waals surface area (Å²) in [4.78, 5) is 40.2. The Morgan fingerprint density at radius 1 is 1.25 bits per heavy atom. The summed E-state index contributed by atoms with van der Waals surface area (Å²) in [6, 6.07) is 7.73. The van der Waals surface area contributed by atoms with Crippen molar-refractivity contribution in [2.45, 2.75) is 74.7 Å². The molecule has 1 fully saturated rings. The van der Waals surface area contributed by atoms with Crippen LogP contribution in [0.1, 0.15) is 52.4 Å². The summed E-state index contributed by atoms with van der Waals surface area (Å²) in [5.41, 5.74) is 0.761. The van der Waals surface area contributed by atoms with Crippen molar-refractivity contribution in [3.63, 3.8) is 0 Å². The topological polar surface area (TPSA) is 75.7 Å². The van der Waals surface area contributed by atoms with Crippen LogP contribution in [-0.4, -0.2) is 46.6 Å². The second kappa shape index (κ2) is 9.45. The average molecular weight is 405 g/mol. The fourth-order valence-electron chi connectivity index (χ4n) is 3.89. The molecule has 0 unspecified atom stereocenters. The molecule has 1 saturated carbocycles. The summed E-state index contributed by atoms with van der Waals surface area (Å²) < 4.78 is 5.40. The molecule has 0 aromatic heterocycles. The number of benzene rings is 1. The van der Waals surface area contributed by atoms with Gasteiger partial charge < -0.3 is 15.0 Å². The number of para-hydroxylation sites is 1. The third kappa shape index (κ3) is 4.87. The number of esters is 1. The van der Waals surface area contributed by atoms with Crippen LogP contribution in [-0.2, 0) is 19.1 Å². The van der Waals surface area contributed by atoms with Crippen molar-refractivity contribution in [2.75, 3.05) is 11.9 Å². The first-order chi connectivity index (χ1) is 13.5. The summed E-state index contributed by atoms with van der Waals surface area (Å²) >= 11 is 1.35. The quantitative estimate of drug-likeness (QED) is 0.733. The van der Waals surface area contributed by atoms with Crippen LogP contribution in [0.5, 0.6) is 0 Å². The van der Waals surface area contributed by atoms with Gasteiger partial charge in [-0.05, 0) is 38.8 Å². The van der Waals surface area contributed by atoms with Crippen LogP contribution in [0.25, 0.3) is 0 Å². The molecule has 0 spiro atoms. The maximum atomic E-state index is 12.8. The minimum atomic E-state index is -0.835. The van der Waals surface area contributed by atoms with Crippen LogP contribution in [0.15, 0.2) is 29.2 Å². The number of amides is 2. The molecule has 1 aromatic carbocycles. The average Bonchev–Trinajstić information content (AvgIpc) is 2.69. The molecule has 1 aliphatic heterocycles. The van der Waals surface area contributed by atoms with Gasteiger partial charge in [0, 0.05) is 17.5 Å². The highest BCUT2D eigenvalue weighted by molar-refractivity contribution is 8.01. The first-order valence-electron chi connectivity index (χ1n) is 10.1. The molecule has 6 nitrogen and oxygen atoms in total. The second-order valence-corrected chi connectivity index (χ2v) is 8.59. The van der Waals surface area contributed by atoms with E-state index in [2.05, 4.69) is 5.32 Å². The SMILES string of the molecule is CCN(C(=O)[C@H](C)OC(=O)C[C@H]1Sc2ccccc2NC1=O)C1CCCCC1. The largest absolute Gasteiger partial charge is 0.452 e. The lowest BCUT2D eigenvalue weighted by molar-refractivity contribution is -0.160. The van der Waals surface area contributed by atoms with E-state index in [0.29, 0.717) is 6.54 Å². The zero-order chi connectivity index (χ0) is 20.1. The lowest BCUT2D eigenvalue weighted by Gasteiger charge is -2.35. The first-order valence-corrected chi connectivity index (χ1v) is 10.9. The lowest BCUT2D eigenvalue weighted by atomic mass is 9.94. The van der Waals surface area contributed by atoms with Crippen molar-refractivity contribution >= 4 is 35.2 Å². The Labute approximate surface area is 170 Å². The maximum Gasteiger partial charge on any atom is 0.308 e. The van der Waals surface area contributed by atoms with Crippen LogP contribution < -0.4 is 5.32 Å². The van der Waals surface area contributed by atoms with E-state index in [4.69, 9.17) is 4.74 Å². The van der Waals surface area contributed by atoms with Crippen molar-refractivity contribution < 1.29 is 19.1 Å². The van der Waals surface area contributed by atoms with Gasteiger partial charge in [0.2, 0.25) is 5.91 Å². The Morgan fingerprint density at radius 3 is 2.68 bits per heavy atom. The summed E-state index contributed by atoms with van der Waals surface area (Å²) in [6.07, 6.45) is 4.63. The molecule has 7 heteroatoms. The molecule has 0 bridgehead atoms. The lowest BCUT2D eigenvalue weighted by Crippen LogP contribution is -2.46. The molecule has 1 aromatic rings. The third-order valence-electron chi connectivity index (χ3n) is 5.35. The molecule has 1 heterocycles. The predicted molar refractivity (Wildman–Crippen MR) is 109 cm³/mol. The van der Waals surface area contributed by atoms with Crippen molar-refractivity contribution in [2.24, 2.45) is 0 Å². The second-order valence-electron chi connectivity index (χ2n) is 7.34. The van der Waals surface area contributed by atoms with E-state index in [1.165, 1.54) is 18.2 Å². The Morgan fingerprint density at radius 2 is 1.96 bits per heavy atom. The molecule has 0 saturated heterocycles. The Balaban J connectivity index is 1.55. The number of likely N-dealkylation sites (N-methyl/N-ethyl adjacent to an activating group) is 1. The number of hydrogen-bond acceptors (Lipinski definition) is 5. The fourth-order valence-corrected chi connectivity index (χ4v) is 4.99. The minimum Gasteiger partial charge on any atom is -0.452 e. The number of fused-ring (bicyclic) bond motifs is 1. The molecular formula is C21H28N2O4S. The summed E-state index contributed by atoms with van der Waals surface area (Å²) in [7, 11) is 0. The molecule has 1 N–H and O–H groups in total. The van der Waals surface area contributed by atoms with E-state index in [1.807, 2.05) is 36.1 Å². The Kier molecular flexibility index (Phi) is 6.99. The van der Waals surface area contributed by atoms with Gasteiger partial charge in [-0.3, -0.25) is 14.4 Å². The molecule has 2 amide bonds. The number of ether oxygens (including phenoxy) is 1. The van der Waals surface area contributed by atoms with E-state index >= 15 is 0 Å². The monoisotopic (exact) mass is 404 g/mol. The van der Waals surface area contributed by atoms with Gasteiger partial charge in [-0.2, -0.15) is 0 Å². The van der Waals surface area contributed by atoms with Crippen LogP contribution in [0.4, 0.5) is 5.69 Å². The standard InChI is InChI=1S/C21H28N2O4S/c1-3-23(15-9-5-4-6-10-15)21(26)14(2)27-19(24)13-18-20(25)22-16-11-7-8-12-17(16)28-18/h7-8,11-12,14-15,18H,3-6,9-10,13H2,1-2H3,(H,22,25)/t14-,18+/m0/s1. The zero-order valence-electron chi connectivity index (χ0n) is 16.5. The minimum absolute atomic E-state index is 0.0575. The van der Waals surface area contributed by atoms with Gasteiger partial charge in [0.1, 0.15) is 0 Å². The molecule has 0 radical (unpaired) electrons. The highest BCUT2D eigenvalue weighted by Crippen LogP contribution is 2.36. The number of thioether (sulfide) groups is 1. The number of nitrogens with zero attached hydrogens (tertiary/aromatic N) is 1. The number of carbonyl (C=O) groups is 3. The van der Waals surface area contributed by atoms with Gasteiger partial charge in [0.15, 0.2) is 6.10 Å². The number of nitrogens with one attached hydrogen (secondary N) is 1. The zero-order valence-corrected chi connectivity index (χ0v) is 17.3. The molecule has 1 aliphatic carbocycles. The highest BCUT2D eigenvalue weighted by Gasteiger charge is 2.32. The Hall–Kier alpha value is -2.02. The molecule has 3 rings (SSSR count). The first kappa shape index (κ1) is 20.7. The number of hydrogen-bond donors (Lipinski definition) is 1. The number of anilines is 1. The van der Waals surface area contributed by atoms with Gasteiger partial charge >= 0.3 is 5.97 Å². The molecule has 152 valence electrons. The summed E-state index contributed by atoms with van der Waals surface area (Å²) in [5, 5.41) is 2.27. The Bertz CT molecular complexity index is 733. The third-order valence-corrected chi connectivity index (χ3v) is 6.63. The van der Waals surface area contributed by atoms with Crippen molar-refractivity contribution in [1.82, 2.24) is 4.90 Å². The van der Waals surface area contributed by atoms with Crippen LogP contribution in [0.2, 0.25) is 0 Å². The number of carbonyl (C=O) groups excluding carboxylic acids is 3. The number of rotatable bonds is 6. The van der Waals surface area contributed by atoms with E-state index in [9.17, 15) is 14.4 Å². The van der Waals surface area contributed by atoms with Gasteiger partial charge in [-0.1, -0.05) is 31.4 Å². The van der Waals surface area contributed by atoms with Gasteiger partial charge in [0.25, 0.3) is 5.91 Å². The van der Waals surface area contributed by atoms with Gasteiger partial charge in [0.05, 0.1) is 17.4 Å². The van der Waals surface area contributed by atoms with E-state index in [0.717, 1.165) is 36.3 Å². The molecule has 2 atom stereocenters. The van der Waals surface area contributed by atoms with Crippen LogP contribution in [0, 0.1) is 0 Å². The summed E-state index contributed by atoms with van der Waals surface area (Å²) in [5.74, 6) is -0.876. The highest BCUT2D eigenvalue weighted by atomic mass is 32.2. The van der Waals surface area contributed by atoms with E-state index in [-0.39, 0.29) is 24.3 Å². The van der Waals surface area contributed by atoms with E-state index in [1.54, 1.807) is 6.92 Å². The van der Waals surface area contributed by atoms with Crippen molar-refractivity contribution in [1.29, 1.82) is 0 Å². The van der Waals surface area contributed by atoms with Crippen molar-refractivity contribution in [3.05, 3.63) is 24.3 Å². The van der Waals surface area contributed by atoms with Crippen LogP contribution in [0.3, 0.4) is 0 Å². The predicted octanol–water partition coefficient (Wildman–Crippen LogP) is 3.60. The normalized spacial score (nSPS) is 20.6. The fraction of sp³-hybridized carbons (Fsp3) is 0.571.